The third kappa shape index (κ3) is 2.32. The van der Waals surface area contributed by atoms with Gasteiger partial charge in [-0.15, -0.1) is 0 Å². The minimum absolute atomic E-state index is 0.315. The van der Waals surface area contributed by atoms with Crippen LogP contribution in [-0.2, 0) is 0 Å². The SMILES string of the molecule is N#CC1=C(c2cccnc2Cl)CCC(Cl)=C1Cl. The first kappa shape index (κ1) is 12.4. The molecule has 2 rings (SSSR count). The molecule has 0 aliphatic heterocycles. The number of pyridine rings is 1. The molecule has 1 aromatic heterocycles. The highest BCUT2D eigenvalue weighted by Crippen LogP contribution is 2.40. The highest BCUT2D eigenvalue weighted by atomic mass is 35.5. The fraction of sp³-hybridized carbons (Fsp3) is 0.167. The van der Waals surface area contributed by atoms with Gasteiger partial charge in [0.25, 0.3) is 0 Å². The summed E-state index contributed by atoms with van der Waals surface area (Å²) in [6.07, 6.45) is 2.86. The normalized spacial score (nSPS) is 16.1. The lowest BCUT2D eigenvalue weighted by Crippen LogP contribution is -2.00. The number of nitriles is 1. The van der Waals surface area contributed by atoms with Crippen molar-refractivity contribution >= 4 is 40.4 Å². The monoisotopic (exact) mass is 284 g/mol. The number of hydrogen-bond donors (Lipinski definition) is 0. The number of allylic oxidation sites excluding steroid dienone is 4. The molecule has 1 aliphatic carbocycles. The molecule has 17 heavy (non-hydrogen) atoms. The number of rotatable bonds is 1. The Labute approximate surface area is 114 Å². The van der Waals surface area contributed by atoms with E-state index in [0.29, 0.717) is 33.6 Å². The molecule has 0 saturated heterocycles. The molecular formula is C12H7Cl3N2. The fourth-order valence-electron chi connectivity index (χ4n) is 1.73. The highest BCUT2D eigenvalue weighted by Gasteiger charge is 2.22. The van der Waals surface area contributed by atoms with Crippen LogP contribution in [0.2, 0.25) is 5.15 Å². The minimum atomic E-state index is 0.315. The molecule has 5 heteroatoms. The van der Waals surface area contributed by atoms with Crippen molar-refractivity contribution in [1.82, 2.24) is 4.98 Å². The van der Waals surface area contributed by atoms with E-state index in [9.17, 15) is 0 Å². The van der Waals surface area contributed by atoms with E-state index >= 15 is 0 Å². The first-order valence-corrected chi connectivity index (χ1v) is 6.07. The Morgan fingerprint density at radius 1 is 1.24 bits per heavy atom. The van der Waals surface area contributed by atoms with Crippen molar-refractivity contribution in [1.29, 1.82) is 5.26 Å². The van der Waals surface area contributed by atoms with E-state index in [2.05, 4.69) is 11.1 Å². The van der Waals surface area contributed by atoms with Crippen LogP contribution in [0.5, 0.6) is 0 Å². The van der Waals surface area contributed by atoms with Gasteiger partial charge >= 0.3 is 0 Å². The Morgan fingerprint density at radius 3 is 2.65 bits per heavy atom. The van der Waals surface area contributed by atoms with Crippen molar-refractivity contribution in [3.8, 4) is 6.07 Å². The van der Waals surface area contributed by atoms with Crippen LogP contribution in [0.3, 0.4) is 0 Å². The summed E-state index contributed by atoms with van der Waals surface area (Å²) in [7, 11) is 0. The lowest BCUT2D eigenvalue weighted by atomic mass is 9.93. The van der Waals surface area contributed by atoms with Gasteiger partial charge in [0, 0.05) is 16.8 Å². The molecule has 0 saturated carbocycles. The molecule has 0 aromatic carbocycles. The summed E-state index contributed by atoms with van der Waals surface area (Å²) < 4.78 is 0. The van der Waals surface area contributed by atoms with Crippen molar-refractivity contribution in [3.05, 3.63) is 44.7 Å². The molecule has 86 valence electrons. The van der Waals surface area contributed by atoms with Crippen LogP contribution in [0, 0.1) is 11.3 Å². The van der Waals surface area contributed by atoms with Gasteiger partial charge in [0.05, 0.1) is 10.6 Å². The smallest absolute Gasteiger partial charge is 0.136 e. The predicted octanol–water partition coefficient (Wildman–Crippen LogP) is 4.50. The van der Waals surface area contributed by atoms with Crippen LogP contribution in [-0.4, -0.2) is 4.98 Å². The molecule has 0 atom stereocenters. The maximum Gasteiger partial charge on any atom is 0.136 e. The van der Waals surface area contributed by atoms with Crippen molar-refractivity contribution in [3.63, 3.8) is 0 Å². The van der Waals surface area contributed by atoms with Gasteiger partial charge in [-0.2, -0.15) is 5.26 Å². The summed E-state index contributed by atoms with van der Waals surface area (Å²) >= 11 is 18.0. The van der Waals surface area contributed by atoms with E-state index in [4.69, 9.17) is 40.1 Å². The van der Waals surface area contributed by atoms with Crippen LogP contribution in [0.4, 0.5) is 0 Å². The van der Waals surface area contributed by atoms with Crippen LogP contribution < -0.4 is 0 Å². The Hall–Kier alpha value is -1.01. The van der Waals surface area contributed by atoms with Gasteiger partial charge in [-0.25, -0.2) is 4.98 Å². The average molecular weight is 286 g/mol. The van der Waals surface area contributed by atoms with Gasteiger partial charge in [-0.05, 0) is 24.5 Å². The summed E-state index contributed by atoms with van der Waals surface area (Å²) in [5, 5.41) is 10.4. The first-order valence-electron chi connectivity index (χ1n) is 4.93. The average Bonchev–Trinajstić information content (AvgIpc) is 2.33. The van der Waals surface area contributed by atoms with Crippen LogP contribution >= 0.6 is 34.8 Å². The molecule has 0 spiro atoms. The molecule has 0 radical (unpaired) electrons. The van der Waals surface area contributed by atoms with Crippen molar-refractivity contribution < 1.29 is 0 Å². The molecule has 0 amide bonds. The van der Waals surface area contributed by atoms with Crippen LogP contribution in [0.1, 0.15) is 18.4 Å². The maximum absolute atomic E-state index is 9.15. The summed E-state index contributed by atoms with van der Waals surface area (Å²) in [5.41, 5.74) is 1.94. The maximum atomic E-state index is 9.15. The third-order valence-electron chi connectivity index (χ3n) is 2.55. The minimum Gasteiger partial charge on any atom is -0.244 e. The van der Waals surface area contributed by atoms with Crippen molar-refractivity contribution in [2.45, 2.75) is 12.8 Å². The van der Waals surface area contributed by atoms with Gasteiger partial charge in [0.15, 0.2) is 0 Å². The molecule has 0 bridgehead atoms. The molecule has 0 unspecified atom stereocenters. The number of hydrogen-bond acceptors (Lipinski definition) is 2. The molecule has 1 heterocycles. The molecule has 0 N–H and O–H groups in total. The first-order chi connectivity index (χ1) is 8.15. The summed E-state index contributed by atoms with van der Waals surface area (Å²) in [5.74, 6) is 0. The Balaban J connectivity index is 2.63. The van der Waals surface area contributed by atoms with E-state index < -0.39 is 0 Å². The van der Waals surface area contributed by atoms with Crippen LogP contribution in [0.25, 0.3) is 5.57 Å². The largest absolute Gasteiger partial charge is 0.244 e. The van der Waals surface area contributed by atoms with E-state index in [1.807, 2.05) is 6.07 Å². The summed E-state index contributed by atoms with van der Waals surface area (Å²) in [4.78, 5) is 4.00. The third-order valence-corrected chi connectivity index (χ3v) is 3.74. The van der Waals surface area contributed by atoms with E-state index in [-0.39, 0.29) is 0 Å². The zero-order valence-corrected chi connectivity index (χ0v) is 10.9. The Kier molecular flexibility index (Phi) is 3.73. The standard InChI is InChI=1S/C12H7Cl3N2/c13-10-4-3-7(9(6-16)11(10)14)8-2-1-5-17-12(8)15/h1-2,5H,3-4H2. The highest BCUT2D eigenvalue weighted by molar-refractivity contribution is 6.42. The van der Waals surface area contributed by atoms with E-state index in [1.165, 1.54) is 0 Å². The predicted molar refractivity (Wildman–Crippen MR) is 69.7 cm³/mol. The Morgan fingerprint density at radius 2 is 2.00 bits per heavy atom. The molecule has 1 aromatic rings. The molecule has 0 fully saturated rings. The van der Waals surface area contributed by atoms with Crippen molar-refractivity contribution in [2.24, 2.45) is 0 Å². The fourth-order valence-corrected chi connectivity index (χ4v) is 2.41. The molecule has 1 aliphatic rings. The summed E-state index contributed by atoms with van der Waals surface area (Å²) in [6, 6.07) is 5.68. The van der Waals surface area contributed by atoms with Crippen molar-refractivity contribution in [2.75, 3.05) is 0 Å². The quantitative estimate of drug-likeness (QED) is 0.713. The number of nitrogens with zero attached hydrogens (tertiary/aromatic N) is 2. The number of aromatic nitrogens is 1. The van der Waals surface area contributed by atoms with Gasteiger partial charge in [0.2, 0.25) is 0 Å². The van der Waals surface area contributed by atoms with Gasteiger partial charge in [-0.1, -0.05) is 40.9 Å². The molecule has 2 nitrogen and oxygen atoms in total. The van der Waals surface area contributed by atoms with Gasteiger partial charge < -0.3 is 0 Å². The second-order valence-electron chi connectivity index (χ2n) is 3.53. The van der Waals surface area contributed by atoms with Gasteiger partial charge in [-0.3, -0.25) is 0 Å². The van der Waals surface area contributed by atoms with Gasteiger partial charge in [0.1, 0.15) is 11.2 Å². The zero-order valence-electron chi connectivity index (χ0n) is 8.67. The lowest BCUT2D eigenvalue weighted by molar-refractivity contribution is 1.02. The Bertz CT molecular complexity index is 567. The second kappa shape index (κ2) is 5.10. The zero-order chi connectivity index (χ0) is 12.4. The second-order valence-corrected chi connectivity index (χ2v) is 4.72. The molecular weight excluding hydrogens is 279 g/mol. The van der Waals surface area contributed by atoms with E-state index in [0.717, 1.165) is 11.1 Å². The number of halogens is 3. The summed E-state index contributed by atoms with van der Waals surface area (Å²) in [6.45, 7) is 0. The lowest BCUT2D eigenvalue weighted by Gasteiger charge is -2.17. The van der Waals surface area contributed by atoms with Crippen LogP contribution in [0.15, 0.2) is 34.0 Å². The van der Waals surface area contributed by atoms with E-state index in [1.54, 1.807) is 12.3 Å². The topological polar surface area (TPSA) is 36.7 Å².